The van der Waals surface area contributed by atoms with Crippen LogP contribution >= 0.6 is 0 Å². The van der Waals surface area contributed by atoms with Gasteiger partial charge in [-0.25, -0.2) is 9.97 Å². The molecule has 0 atom stereocenters. The summed E-state index contributed by atoms with van der Waals surface area (Å²) in [4.78, 5) is 9.20. The van der Waals surface area contributed by atoms with Crippen LogP contribution in [0.15, 0.2) is 73.2 Å². The van der Waals surface area contributed by atoms with Crippen molar-refractivity contribution in [3.63, 3.8) is 0 Å². The van der Waals surface area contributed by atoms with E-state index in [2.05, 4.69) is 70.3 Å². The van der Waals surface area contributed by atoms with Gasteiger partial charge in [-0.05, 0) is 48.2 Å². The average Bonchev–Trinajstić information content (AvgIpc) is 3.32. The highest BCUT2D eigenvalue weighted by atomic mass is 15.2. The lowest BCUT2D eigenvalue weighted by Crippen LogP contribution is -1.97. The van der Waals surface area contributed by atoms with E-state index in [1.54, 1.807) is 10.9 Å². The van der Waals surface area contributed by atoms with Crippen molar-refractivity contribution in [2.75, 3.05) is 5.32 Å². The first-order valence-corrected chi connectivity index (χ1v) is 9.82. The summed E-state index contributed by atoms with van der Waals surface area (Å²) in [6.07, 6.45) is 5.66. The molecule has 2 aromatic carbocycles. The van der Waals surface area contributed by atoms with E-state index < -0.39 is 0 Å². The molecule has 6 nitrogen and oxygen atoms in total. The third-order valence-electron chi connectivity index (χ3n) is 5.39. The van der Waals surface area contributed by atoms with Gasteiger partial charge < -0.3 is 9.88 Å². The molecule has 0 bridgehead atoms. The zero-order chi connectivity index (χ0) is 20.7. The van der Waals surface area contributed by atoms with Gasteiger partial charge in [-0.3, -0.25) is 4.68 Å². The van der Waals surface area contributed by atoms with Crippen LogP contribution in [0.1, 0.15) is 5.69 Å². The summed E-state index contributed by atoms with van der Waals surface area (Å²) in [5, 5.41) is 8.83. The van der Waals surface area contributed by atoms with Gasteiger partial charge in [0.1, 0.15) is 5.82 Å². The highest BCUT2D eigenvalue weighted by Gasteiger charge is 2.08. The molecule has 30 heavy (non-hydrogen) atoms. The SMILES string of the molecule is Cc1cc2ccc(-c3nccc(Nc4ccc(-c5cnn(C)c5)cc4)n3)cc2n1C. The van der Waals surface area contributed by atoms with Gasteiger partial charge in [-0.1, -0.05) is 24.3 Å². The van der Waals surface area contributed by atoms with E-state index in [0.29, 0.717) is 5.82 Å². The number of benzene rings is 2. The van der Waals surface area contributed by atoms with Crippen LogP contribution < -0.4 is 5.32 Å². The summed E-state index contributed by atoms with van der Waals surface area (Å²) in [7, 11) is 4.00. The number of nitrogens with one attached hydrogen (secondary N) is 1. The van der Waals surface area contributed by atoms with Crippen LogP contribution in [0.4, 0.5) is 11.5 Å². The zero-order valence-electron chi connectivity index (χ0n) is 17.2. The topological polar surface area (TPSA) is 60.6 Å². The van der Waals surface area contributed by atoms with Gasteiger partial charge in [0.25, 0.3) is 0 Å². The molecule has 0 spiro atoms. The summed E-state index contributed by atoms with van der Waals surface area (Å²) in [6.45, 7) is 2.11. The smallest absolute Gasteiger partial charge is 0.161 e. The van der Waals surface area contributed by atoms with Crippen LogP contribution in [0.5, 0.6) is 0 Å². The number of hydrogen-bond acceptors (Lipinski definition) is 4. The van der Waals surface area contributed by atoms with Crippen molar-refractivity contribution in [3.05, 3.63) is 78.9 Å². The molecule has 0 saturated carbocycles. The molecule has 5 rings (SSSR count). The first kappa shape index (κ1) is 18.1. The Morgan fingerprint density at radius 1 is 0.867 bits per heavy atom. The molecule has 6 heteroatoms. The lowest BCUT2D eigenvalue weighted by molar-refractivity contribution is 0.768. The van der Waals surface area contributed by atoms with Crippen molar-refractivity contribution < 1.29 is 0 Å². The van der Waals surface area contributed by atoms with E-state index in [-0.39, 0.29) is 0 Å². The molecule has 1 N–H and O–H groups in total. The Morgan fingerprint density at radius 3 is 2.43 bits per heavy atom. The summed E-state index contributed by atoms with van der Waals surface area (Å²) in [5.41, 5.74) is 6.61. The average molecular weight is 394 g/mol. The molecule has 5 aromatic rings. The number of nitrogens with zero attached hydrogens (tertiary/aromatic N) is 5. The molecule has 0 fully saturated rings. The van der Waals surface area contributed by atoms with Crippen LogP contribution in [0.25, 0.3) is 33.4 Å². The number of anilines is 2. The van der Waals surface area contributed by atoms with Crippen molar-refractivity contribution in [2.24, 2.45) is 14.1 Å². The second-order valence-electron chi connectivity index (χ2n) is 7.49. The molecule has 0 aliphatic rings. The molecular formula is C24H22N6. The molecule has 0 aliphatic carbocycles. The zero-order valence-corrected chi connectivity index (χ0v) is 17.2. The fraction of sp³-hybridized carbons (Fsp3) is 0.125. The second-order valence-corrected chi connectivity index (χ2v) is 7.49. The van der Waals surface area contributed by atoms with Crippen molar-refractivity contribution in [3.8, 4) is 22.5 Å². The maximum atomic E-state index is 4.72. The summed E-state index contributed by atoms with van der Waals surface area (Å²) in [6, 6.07) is 18.6. The molecule has 3 aromatic heterocycles. The van der Waals surface area contributed by atoms with E-state index in [0.717, 1.165) is 28.2 Å². The van der Waals surface area contributed by atoms with Crippen LogP contribution in [-0.4, -0.2) is 24.3 Å². The Bertz CT molecular complexity index is 1340. The second kappa shape index (κ2) is 7.15. The van der Waals surface area contributed by atoms with Gasteiger partial charge >= 0.3 is 0 Å². The molecule has 0 amide bonds. The maximum Gasteiger partial charge on any atom is 0.161 e. The van der Waals surface area contributed by atoms with Crippen LogP contribution in [0.3, 0.4) is 0 Å². The normalized spacial score (nSPS) is 11.2. The van der Waals surface area contributed by atoms with E-state index in [9.17, 15) is 0 Å². The molecule has 0 aliphatic heterocycles. The fourth-order valence-electron chi connectivity index (χ4n) is 3.64. The maximum absolute atomic E-state index is 4.72. The minimum atomic E-state index is 0.702. The summed E-state index contributed by atoms with van der Waals surface area (Å²) < 4.78 is 3.99. The van der Waals surface area contributed by atoms with Crippen LogP contribution in [0.2, 0.25) is 0 Å². The van der Waals surface area contributed by atoms with Gasteiger partial charge in [0.15, 0.2) is 5.82 Å². The number of fused-ring (bicyclic) bond motifs is 1. The highest BCUT2D eigenvalue weighted by Crippen LogP contribution is 2.26. The summed E-state index contributed by atoms with van der Waals surface area (Å²) in [5.74, 6) is 1.46. The lowest BCUT2D eigenvalue weighted by atomic mass is 10.1. The first-order chi connectivity index (χ1) is 14.6. The molecule has 0 unspecified atom stereocenters. The number of hydrogen-bond donors (Lipinski definition) is 1. The predicted molar refractivity (Wildman–Crippen MR) is 121 cm³/mol. The molecule has 0 saturated heterocycles. The lowest BCUT2D eigenvalue weighted by Gasteiger charge is -2.08. The van der Waals surface area contributed by atoms with Crippen LogP contribution in [-0.2, 0) is 14.1 Å². The number of rotatable bonds is 4. The molecule has 148 valence electrons. The Balaban J connectivity index is 1.40. The predicted octanol–water partition coefficient (Wildman–Crippen LogP) is 5.09. The van der Waals surface area contributed by atoms with Crippen molar-refractivity contribution in [1.29, 1.82) is 0 Å². The first-order valence-electron chi connectivity index (χ1n) is 9.82. The van der Waals surface area contributed by atoms with Crippen molar-refractivity contribution in [2.45, 2.75) is 6.92 Å². The number of aryl methyl sites for hydroxylation is 3. The van der Waals surface area contributed by atoms with Crippen molar-refractivity contribution in [1.82, 2.24) is 24.3 Å². The molecule has 0 radical (unpaired) electrons. The molecule has 3 heterocycles. The van der Waals surface area contributed by atoms with E-state index in [4.69, 9.17) is 4.98 Å². The fourth-order valence-corrected chi connectivity index (χ4v) is 3.64. The standard InChI is InChI=1S/C24H22N6/c1-16-12-18-4-5-19(13-22(18)30(16)3)24-25-11-10-23(28-24)27-21-8-6-17(7-9-21)20-14-26-29(2)15-20/h4-15H,1-3H3,(H,25,27,28). The van der Waals surface area contributed by atoms with Crippen LogP contribution in [0, 0.1) is 6.92 Å². The molecular weight excluding hydrogens is 372 g/mol. The van der Waals surface area contributed by atoms with Gasteiger partial charge in [-0.15, -0.1) is 0 Å². The Kier molecular flexibility index (Phi) is 4.32. The van der Waals surface area contributed by atoms with Gasteiger partial charge in [0.05, 0.1) is 6.20 Å². The Morgan fingerprint density at radius 2 is 1.67 bits per heavy atom. The van der Waals surface area contributed by atoms with E-state index in [1.165, 1.54) is 16.6 Å². The van der Waals surface area contributed by atoms with Crippen molar-refractivity contribution >= 4 is 22.4 Å². The van der Waals surface area contributed by atoms with E-state index in [1.807, 2.05) is 37.6 Å². The quantitative estimate of drug-likeness (QED) is 0.461. The number of aromatic nitrogens is 5. The Hall–Kier alpha value is -3.93. The third kappa shape index (κ3) is 3.33. The summed E-state index contributed by atoms with van der Waals surface area (Å²) >= 11 is 0. The van der Waals surface area contributed by atoms with Gasteiger partial charge in [0, 0.05) is 54.5 Å². The largest absolute Gasteiger partial charge is 0.348 e. The third-order valence-corrected chi connectivity index (χ3v) is 5.39. The van der Waals surface area contributed by atoms with E-state index >= 15 is 0 Å². The minimum Gasteiger partial charge on any atom is -0.348 e. The van der Waals surface area contributed by atoms with Gasteiger partial charge in [-0.2, -0.15) is 5.10 Å². The Labute approximate surface area is 174 Å². The monoisotopic (exact) mass is 394 g/mol. The van der Waals surface area contributed by atoms with Gasteiger partial charge in [0.2, 0.25) is 0 Å². The minimum absolute atomic E-state index is 0.702. The highest BCUT2D eigenvalue weighted by molar-refractivity contribution is 5.85.